The van der Waals surface area contributed by atoms with Gasteiger partial charge in [0, 0.05) is 24.5 Å². The van der Waals surface area contributed by atoms with E-state index in [1.54, 1.807) is 0 Å². The molecule has 0 saturated carbocycles. The van der Waals surface area contributed by atoms with Gasteiger partial charge in [0.25, 0.3) is 0 Å². The Morgan fingerprint density at radius 1 is 0.667 bits per heavy atom. The van der Waals surface area contributed by atoms with Gasteiger partial charge in [-0.05, 0) is 62.5 Å². The third-order valence-corrected chi connectivity index (χ3v) is 4.49. The van der Waals surface area contributed by atoms with Crippen molar-refractivity contribution >= 4 is 11.4 Å². The zero-order chi connectivity index (χ0) is 18.9. The molecular weight excluding hydrogens is 332 g/mol. The van der Waals surface area contributed by atoms with Crippen LogP contribution in [0.4, 0.5) is 11.4 Å². The van der Waals surface area contributed by atoms with Crippen LogP contribution in [0.25, 0.3) is 0 Å². The second kappa shape index (κ2) is 9.79. The molecule has 0 spiro atoms. The fourth-order valence-corrected chi connectivity index (χ4v) is 2.96. The quantitative estimate of drug-likeness (QED) is 0.534. The first-order valence-electron chi connectivity index (χ1n) is 9.46. The molecular formula is C24H28N2O. The normalized spacial score (nSPS) is 10.8. The molecule has 0 heterocycles. The summed E-state index contributed by atoms with van der Waals surface area (Å²) in [6.45, 7) is 2.56. The van der Waals surface area contributed by atoms with Gasteiger partial charge in [-0.25, -0.2) is 0 Å². The minimum Gasteiger partial charge on any atom is -0.492 e. The highest BCUT2D eigenvalue weighted by molar-refractivity contribution is 5.63. The second-order valence-electron chi connectivity index (χ2n) is 6.87. The maximum absolute atomic E-state index is 5.78. The van der Waals surface area contributed by atoms with E-state index in [2.05, 4.69) is 109 Å². The molecule has 0 atom stereocenters. The Hall–Kier alpha value is -2.78. The van der Waals surface area contributed by atoms with E-state index in [0.29, 0.717) is 6.61 Å². The molecule has 0 aliphatic heterocycles. The lowest BCUT2D eigenvalue weighted by molar-refractivity contribution is 0.261. The largest absolute Gasteiger partial charge is 0.492 e. The molecule has 3 aromatic rings. The number of rotatable bonds is 9. The third-order valence-electron chi connectivity index (χ3n) is 4.49. The van der Waals surface area contributed by atoms with E-state index in [1.165, 1.54) is 16.9 Å². The molecule has 0 aliphatic carbocycles. The van der Waals surface area contributed by atoms with Crippen LogP contribution in [0.15, 0.2) is 84.9 Å². The molecule has 0 saturated heterocycles. The summed E-state index contributed by atoms with van der Waals surface area (Å²) in [6.07, 6.45) is 0.974. The summed E-state index contributed by atoms with van der Waals surface area (Å²) in [7, 11) is 4.11. The molecule has 0 amide bonds. The number of anilines is 2. The summed E-state index contributed by atoms with van der Waals surface area (Å²) < 4.78 is 5.78. The van der Waals surface area contributed by atoms with Crippen LogP contribution >= 0.6 is 0 Å². The molecule has 0 aromatic heterocycles. The van der Waals surface area contributed by atoms with Gasteiger partial charge in [-0.2, -0.15) is 0 Å². The Bertz CT molecular complexity index is 746. The van der Waals surface area contributed by atoms with Gasteiger partial charge in [-0.3, -0.25) is 0 Å². The Balaban J connectivity index is 1.64. The van der Waals surface area contributed by atoms with Crippen molar-refractivity contribution in [1.29, 1.82) is 0 Å². The van der Waals surface area contributed by atoms with E-state index in [-0.39, 0.29) is 0 Å². The summed E-state index contributed by atoms with van der Waals surface area (Å²) in [5, 5.41) is 0. The molecule has 0 bridgehead atoms. The third kappa shape index (κ3) is 5.87. The average molecular weight is 361 g/mol. The van der Waals surface area contributed by atoms with Crippen molar-refractivity contribution in [3.05, 3.63) is 90.5 Å². The van der Waals surface area contributed by atoms with Crippen molar-refractivity contribution in [3.63, 3.8) is 0 Å². The topological polar surface area (TPSA) is 15.7 Å². The van der Waals surface area contributed by atoms with Crippen molar-refractivity contribution in [3.8, 4) is 5.75 Å². The Kier molecular flexibility index (Phi) is 6.89. The maximum atomic E-state index is 5.78. The number of benzene rings is 3. The van der Waals surface area contributed by atoms with Gasteiger partial charge >= 0.3 is 0 Å². The van der Waals surface area contributed by atoms with Gasteiger partial charge in [-0.15, -0.1) is 0 Å². The van der Waals surface area contributed by atoms with E-state index < -0.39 is 0 Å². The maximum Gasteiger partial charge on any atom is 0.119 e. The molecule has 3 aromatic carbocycles. The monoisotopic (exact) mass is 360 g/mol. The fourth-order valence-electron chi connectivity index (χ4n) is 2.96. The summed E-state index contributed by atoms with van der Waals surface area (Å²) in [6, 6.07) is 29.6. The van der Waals surface area contributed by atoms with Crippen LogP contribution < -0.4 is 9.64 Å². The Morgan fingerprint density at radius 2 is 1.22 bits per heavy atom. The van der Waals surface area contributed by atoms with E-state index in [1.807, 2.05) is 0 Å². The summed E-state index contributed by atoms with van der Waals surface area (Å²) in [5.41, 5.74) is 3.74. The number of hydrogen-bond donors (Lipinski definition) is 0. The highest BCUT2D eigenvalue weighted by atomic mass is 16.5. The van der Waals surface area contributed by atoms with Gasteiger partial charge in [0.15, 0.2) is 0 Å². The van der Waals surface area contributed by atoms with Crippen LogP contribution in [0.3, 0.4) is 0 Å². The number of likely N-dealkylation sites (N-methyl/N-ethyl adjacent to an activating group) is 1. The molecule has 0 aliphatic rings. The first-order valence-corrected chi connectivity index (χ1v) is 9.46. The summed E-state index contributed by atoms with van der Waals surface area (Å²) in [4.78, 5) is 4.48. The Morgan fingerprint density at radius 3 is 1.74 bits per heavy atom. The van der Waals surface area contributed by atoms with Gasteiger partial charge in [0.2, 0.25) is 0 Å². The lowest BCUT2D eigenvalue weighted by Crippen LogP contribution is -2.20. The van der Waals surface area contributed by atoms with Gasteiger partial charge in [-0.1, -0.05) is 48.5 Å². The fraction of sp³-hybridized carbons (Fsp3) is 0.250. The molecule has 0 fully saturated rings. The molecule has 3 rings (SSSR count). The molecule has 27 heavy (non-hydrogen) atoms. The number of ether oxygens (including phenoxy) is 1. The average Bonchev–Trinajstić information content (AvgIpc) is 2.71. The van der Waals surface area contributed by atoms with Crippen LogP contribution in [0.1, 0.15) is 5.56 Å². The van der Waals surface area contributed by atoms with E-state index in [9.17, 15) is 0 Å². The lowest BCUT2D eigenvalue weighted by Gasteiger charge is -2.25. The SMILES string of the molecule is CN(C)CCOc1ccc(CCN(c2ccccc2)c2ccccc2)cc1. The highest BCUT2D eigenvalue weighted by Crippen LogP contribution is 2.25. The molecule has 140 valence electrons. The standard InChI is InChI=1S/C24H28N2O/c1-25(2)19-20-27-24-15-13-21(14-16-24)17-18-26(22-9-5-3-6-10-22)23-11-7-4-8-12-23/h3-16H,17-20H2,1-2H3. The number of para-hydroxylation sites is 2. The van der Waals surface area contributed by atoms with Crippen LogP contribution in [-0.2, 0) is 6.42 Å². The molecule has 3 nitrogen and oxygen atoms in total. The first kappa shape index (κ1) is 19.0. The highest BCUT2D eigenvalue weighted by Gasteiger charge is 2.09. The van der Waals surface area contributed by atoms with E-state index in [4.69, 9.17) is 4.74 Å². The molecule has 0 N–H and O–H groups in total. The minimum absolute atomic E-state index is 0.710. The lowest BCUT2D eigenvalue weighted by atomic mass is 10.1. The van der Waals surface area contributed by atoms with Crippen molar-refractivity contribution in [2.24, 2.45) is 0 Å². The Labute approximate surface area is 162 Å². The summed E-state index contributed by atoms with van der Waals surface area (Å²) in [5.74, 6) is 0.934. The van der Waals surface area contributed by atoms with Crippen molar-refractivity contribution in [2.45, 2.75) is 6.42 Å². The van der Waals surface area contributed by atoms with Gasteiger partial charge in [0.1, 0.15) is 12.4 Å². The van der Waals surface area contributed by atoms with Crippen LogP contribution in [0.5, 0.6) is 5.75 Å². The zero-order valence-electron chi connectivity index (χ0n) is 16.2. The van der Waals surface area contributed by atoms with Crippen molar-refractivity contribution in [2.75, 3.05) is 38.7 Å². The molecule has 3 heteroatoms. The van der Waals surface area contributed by atoms with Gasteiger partial charge in [0.05, 0.1) is 0 Å². The minimum atomic E-state index is 0.710. The predicted octanol–water partition coefficient (Wildman–Crippen LogP) is 5.01. The van der Waals surface area contributed by atoms with Crippen LogP contribution in [0, 0.1) is 0 Å². The summed E-state index contributed by atoms with van der Waals surface area (Å²) >= 11 is 0. The smallest absolute Gasteiger partial charge is 0.119 e. The second-order valence-corrected chi connectivity index (χ2v) is 6.87. The van der Waals surface area contributed by atoms with Gasteiger partial charge < -0.3 is 14.5 Å². The predicted molar refractivity (Wildman–Crippen MR) is 114 cm³/mol. The molecule has 0 radical (unpaired) electrons. The van der Waals surface area contributed by atoms with Crippen molar-refractivity contribution < 1.29 is 4.74 Å². The zero-order valence-corrected chi connectivity index (χ0v) is 16.2. The first-order chi connectivity index (χ1) is 13.2. The van der Waals surface area contributed by atoms with Crippen LogP contribution in [-0.4, -0.2) is 38.7 Å². The van der Waals surface area contributed by atoms with E-state index >= 15 is 0 Å². The van der Waals surface area contributed by atoms with Crippen molar-refractivity contribution in [1.82, 2.24) is 4.90 Å². The number of nitrogens with zero attached hydrogens (tertiary/aromatic N) is 2. The molecule has 0 unspecified atom stereocenters. The van der Waals surface area contributed by atoms with Crippen LogP contribution in [0.2, 0.25) is 0 Å². The van der Waals surface area contributed by atoms with E-state index in [0.717, 1.165) is 25.3 Å². The number of hydrogen-bond acceptors (Lipinski definition) is 3.